The van der Waals surface area contributed by atoms with E-state index in [1.54, 1.807) is 34.6 Å². The molecule has 0 saturated heterocycles. The van der Waals surface area contributed by atoms with Crippen molar-refractivity contribution in [2.75, 3.05) is 19.2 Å². The van der Waals surface area contributed by atoms with Gasteiger partial charge in [-0.15, -0.1) is 10.2 Å². The molecule has 0 unspecified atom stereocenters. The van der Waals surface area contributed by atoms with Crippen LogP contribution in [0, 0.1) is 12.8 Å². The maximum absolute atomic E-state index is 13.3. The van der Waals surface area contributed by atoms with E-state index < -0.39 is 0 Å². The van der Waals surface area contributed by atoms with Crippen LogP contribution in [0.25, 0.3) is 17.1 Å². The summed E-state index contributed by atoms with van der Waals surface area (Å²) in [5.41, 5.74) is 2.00. The van der Waals surface area contributed by atoms with Crippen molar-refractivity contribution >= 4 is 23.2 Å². The molecule has 4 aromatic rings. The molecule has 2 heterocycles. The molecule has 1 saturated carbocycles. The summed E-state index contributed by atoms with van der Waals surface area (Å²) in [7, 11) is 3.34. The summed E-state index contributed by atoms with van der Waals surface area (Å²) in [5.74, 6) is 0.687. The lowest BCUT2D eigenvalue weighted by Gasteiger charge is -2.26. The monoisotopic (exact) mass is 551 g/mol. The summed E-state index contributed by atoms with van der Waals surface area (Å²) in [6, 6.07) is 14.5. The van der Waals surface area contributed by atoms with Crippen molar-refractivity contribution < 1.29 is 18.7 Å². The van der Waals surface area contributed by atoms with Gasteiger partial charge in [0.1, 0.15) is 11.4 Å². The number of benzene rings is 2. The number of carbonyl (C=O) groups is 1. The van der Waals surface area contributed by atoms with Gasteiger partial charge in [-0.25, -0.2) is 4.68 Å². The fourth-order valence-electron chi connectivity index (χ4n) is 5.02. The average molecular weight is 552 g/mol. The molecule has 1 aliphatic carbocycles. The molecule has 5 rings (SSSR count). The van der Waals surface area contributed by atoms with Crippen LogP contribution in [0.3, 0.4) is 0 Å². The maximum Gasteiger partial charge on any atom is 0.295 e. The molecular formula is C28H30ClN5O5. The SMILES string of the molecule is COCOc1ccc(Cl)cc1-c1nnc([C@H]2CCC[C@@H](C(=O)Nc3c(C)n(C)n(-c4ccccc4)c3=O)C2)o1. The van der Waals surface area contributed by atoms with E-state index in [1.165, 1.54) is 7.11 Å². The first-order valence-electron chi connectivity index (χ1n) is 12.8. The molecule has 0 aliphatic heterocycles. The third-order valence-corrected chi connectivity index (χ3v) is 7.38. The van der Waals surface area contributed by atoms with Gasteiger partial charge < -0.3 is 19.2 Å². The van der Waals surface area contributed by atoms with E-state index >= 15 is 0 Å². The van der Waals surface area contributed by atoms with Gasteiger partial charge in [-0.1, -0.05) is 36.2 Å². The standard InChI is InChI=1S/C28H30ClN5O5/c1-17-24(28(36)34(33(17)2)21-10-5-4-6-11-21)30-25(35)18-8-7-9-19(14-18)26-31-32-27(39-26)22-15-20(29)12-13-23(22)38-16-37-3/h4-6,10-13,15,18-19H,7-9,14,16H2,1-3H3,(H,30,35)/t18-,19+/m1/s1. The molecule has 2 atom stereocenters. The zero-order valence-corrected chi connectivity index (χ0v) is 22.8. The van der Waals surface area contributed by atoms with E-state index in [-0.39, 0.29) is 41.7 Å². The van der Waals surface area contributed by atoms with Crippen molar-refractivity contribution in [3.63, 3.8) is 0 Å². The van der Waals surface area contributed by atoms with Crippen molar-refractivity contribution in [2.24, 2.45) is 13.0 Å². The Morgan fingerprint density at radius 2 is 1.97 bits per heavy atom. The van der Waals surface area contributed by atoms with Gasteiger partial charge in [-0.3, -0.25) is 14.3 Å². The van der Waals surface area contributed by atoms with Gasteiger partial charge in [-0.2, -0.15) is 0 Å². The molecule has 1 amide bonds. The summed E-state index contributed by atoms with van der Waals surface area (Å²) in [4.78, 5) is 26.6. The molecule has 204 valence electrons. The summed E-state index contributed by atoms with van der Waals surface area (Å²) < 4.78 is 20.0. The number of anilines is 1. The molecular weight excluding hydrogens is 522 g/mol. The minimum atomic E-state index is -0.296. The molecule has 39 heavy (non-hydrogen) atoms. The third-order valence-electron chi connectivity index (χ3n) is 7.14. The largest absolute Gasteiger partial charge is 0.467 e. The van der Waals surface area contributed by atoms with Crippen LogP contribution in [-0.2, 0) is 16.6 Å². The smallest absolute Gasteiger partial charge is 0.295 e. The highest BCUT2D eigenvalue weighted by atomic mass is 35.5. The number of hydrogen-bond donors (Lipinski definition) is 1. The minimum absolute atomic E-state index is 0.0619. The molecule has 0 radical (unpaired) electrons. The Labute approximate surface area is 230 Å². The average Bonchev–Trinajstić information content (AvgIpc) is 3.52. The van der Waals surface area contributed by atoms with Gasteiger partial charge in [-0.05, 0) is 56.5 Å². The fourth-order valence-corrected chi connectivity index (χ4v) is 5.19. The Bertz CT molecular complexity index is 1530. The van der Waals surface area contributed by atoms with Gasteiger partial charge in [0.2, 0.25) is 11.8 Å². The summed E-state index contributed by atoms with van der Waals surface area (Å²) >= 11 is 6.20. The number of rotatable bonds is 8. The number of ether oxygens (including phenoxy) is 2. The minimum Gasteiger partial charge on any atom is -0.467 e. The van der Waals surface area contributed by atoms with Gasteiger partial charge in [0.25, 0.3) is 11.4 Å². The summed E-state index contributed by atoms with van der Waals surface area (Å²) in [6.45, 7) is 1.88. The molecule has 2 aromatic carbocycles. The van der Waals surface area contributed by atoms with E-state index in [4.69, 9.17) is 25.5 Å². The zero-order chi connectivity index (χ0) is 27.5. The molecule has 1 fully saturated rings. The topological polar surface area (TPSA) is 113 Å². The number of nitrogens with one attached hydrogen (secondary N) is 1. The maximum atomic E-state index is 13.3. The van der Waals surface area contributed by atoms with E-state index in [1.807, 2.05) is 37.3 Å². The van der Waals surface area contributed by atoms with Gasteiger partial charge >= 0.3 is 0 Å². The van der Waals surface area contributed by atoms with E-state index in [9.17, 15) is 9.59 Å². The van der Waals surface area contributed by atoms with Crippen LogP contribution in [0.1, 0.15) is 43.2 Å². The quantitative estimate of drug-likeness (QED) is 0.304. The first-order valence-corrected chi connectivity index (χ1v) is 13.1. The van der Waals surface area contributed by atoms with E-state index in [0.29, 0.717) is 40.8 Å². The number of halogens is 1. The molecule has 0 spiro atoms. The van der Waals surface area contributed by atoms with Crippen molar-refractivity contribution in [2.45, 2.75) is 38.5 Å². The number of carbonyl (C=O) groups excluding carboxylic acids is 1. The lowest BCUT2D eigenvalue weighted by Crippen LogP contribution is -2.30. The van der Waals surface area contributed by atoms with Crippen molar-refractivity contribution in [3.8, 4) is 22.9 Å². The van der Waals surface area contributed by atoms with Crippen molar-refractivity contribution in [3.05, 3.63) is 75.5 Å². The normalized spacial score (nSPS) is 17.2. The Kier molecular flexibility index (Phi) is 7.85. The summed E-state index contributed by atoms with van der Waals surface area (Å²) in [6.07, 6.45) is 2.89. The number of para-hydroxylation sites is 1. The highest BCUT2D eigenvalue weighted by molar-refractivity contribution is 6.30. The molecule has 11 heteroatoms. The predicted octanol–water partition coefficient (Wildman–Crippen LogP) is 5.08. The Morgan fingerprint density at radius 1 is 1.18 bits per heavy atom. The zero-order valence-electron chi connectivity index (χ0n) is 22.0. The highest BCUT2D eigenvalue weighted by Gasteiger charge is 2.32. The molecule has 0 bridgehead atoms. The number of aromatic nitrogens is 4. The van der Waals surface area contributed by atoms with E-state index in [2.05, 4.69) is 15.5 Å². The van der Waals surface area contributed by atoms with Gasteiger partial charge in [0.05, 0.1) is 16.9 Å². The lowest BCUT2D eigenvalue weighted by molar-refractivity contribution is -0.121. The number of amides is 1. The van der Waals surface area contributed by atoms with Crippen LogP contribution in [-0.4, -0.2) is 39.4 Å². The Hall–Kier alpha value is -3.89. The fraction of sp³-hybridized carbons (Fsp3) is 0.357. The number of nitrogens with zero attached hydrogens (tertiary/aromatic N) is 4. The highest BCUT2D eigenvalue weighted by Crippen LogP contribution is 2.38. The second-order valence-electron chi connectivity index (χ2n) is 9.62. The Balaban J connectivity index is 1.32. The van der Waals surface area contributed by atoms with Crippen LogP contribution in [0.5, 0.6) is 5.75 Å². The van der Waals surface area contributed by atoms with Gasteiger partial charge in [0, 0.05) is 31.0 Å². The number of methoxy groups -OCH3 is 1. The Morgan fingerprint density at radius 3 is 2.74 bits per heavy atom. The van der Waals surface area contributed by atoms with Crippen LogP contribution < -0.4 is 15.6 Å². The van der Waals surface area contributed by atoms with Gasteiger partial charge in [0.15, 0.2) is 6.79 Å². The molecule has 1 N–H and O–H groups in total. The first kappa shape index (κ1) is 26.7. The van der Waals surface area contributed by atoms with Crippen molar-refractivity contribution in [1.82, 2.24) is 19.6 Å². The molecule has 2 aromatic heterocycles. The van der Waals surface area contributed by atoms with Crippen LogP contribution in [0.2, 0.25) is 5.02 Å². The van der Waals surface area contributed by atoms with Crippen LogP contribution in [0.15, 0.2) is 57.7 Å². The van der Waals surface area contributed by atoms with Crippen molar-refractivity contribution in [1.29, 1.82) is 0 Å². The molecule has 1 aliphatic rings. The third kappa shape index (κ3) is 5.48. The van der Waals surface area contributed by atoms with E-state index in [0.717, 1.165) is 18.5 Å². The second kappa shape index (κ2) is 11.5. The van der Waals surface area contributed by atoms with Crippen LogP contribution in [0.4, 0.5) is 5.69 Å². The van der Waals surface area contributed by atoms with Crippen LogP contribution >= 0.6 is 11.6 Å². The second-order valence-corrected chi connectivity index (χ2v) is 10.1. The predicted molar refractivity (Wildman–Crippen MR) is 146 cm³/mol. The summed E-state index contributed by atoms with van der Waals surface area (Å²) in [5, 5.41) is 11.9. The molecule has 10 nitrogen and oxygen atoms in total. The number of hydrogen-bond acceptors (Lipinski definition) is 7. The lowest BCUT2D eigenvalue weighted by atomic mass is 9.81. The first-order chi connectivity index (χ1) is 18.9.